The Morgan fingerprint density at radius 1 is 1.41 bits per heavy atom. The predicted octanol–water partition coefficient (Wildman–Crippen LogP) is 3.64. The van der Waals surface area contributed by atoms with Crippen LogP contribution in [-0.4, -0.2) is 46.0 Å². The van der Waals surface area contributed by atoms with Gasteiger partial charge in [0.1, 0.15) is 28.9 Å². The van der Waals surface area contributed by atoms with Crippen molar-refractivity contribution in [1.29, 1.82) is 5.41 Å². The van der Waals surface area contributed by atoms with E-state index in [1.165, 1.54) is 25.3 Å². The number of halogens is 1. The van der Waals surface area contributed by atoms with Crippen molar-refractivity contribution in [2.24, 2.45) is 16.6 Å². The van der Waals surface area contributed by atoms with E-state index in [1.54, 1.807) is 24.4 Å². The molecule has 4 N–H and O–H groups in total. The number of hydrogen-bond acceptors (Lipinski definition) is 4. The number of piperidine rings is 1. The number of nitrogens with zero attached hydrogens (tertiary/aromatic N) is 3. The lowest BCUT2D eigenvalue weighted by atomic mass is 9.85. The van der Waals surface area contributed by atoms with Gasteiger partial charge in [-0.1, -0.05) is 18.6 Å². The van der Waals surface area contributed by atoms with Gasteiger partial charge in [0.2, 0.25) is 0 Å². The third kappa shape index (κ3) is 3.95. The summed E-state index contributed by atoms with van der Waals surface area (Å²) in [5, 5.41) is 8.80. The minimum atomic E-state index is -0.345. The van der Waals surface area contributed by atoms with Crippen molar-refractivity contribution in [2.45, 2.75) is 32.6 Å². The molecule has 0 atom stereocenters. The summed E-state index contributed by atoms with van der Waals surface area (Å²) in [5.74, 6) is 1.29. The summed E-state index contributed by atoms with van der Waals surface area (Å²) in [5.41, 5.74) is 9.25. The Bertz CT molecular complexity index is 969. The van der Waals surface area contributed by atoms with Crippen LogP contribution in [0.3, 0.4) is 0 Å². The van der Waals surface area contributed by atoms with E-state index >= 15 is 0 Å². The molecule has 2 aromatic rings. The number of nitrogens with one attached hydrogen (secondary N) is 2. The van der Waals surface area contributed by atoms with E-state index < -0.39 is 0 Å². The first-order chi connectivity index (χ1) is 14.1. The maximum absolute atomic E-state index is 14.4. The van der Waals surface area contributed by atoms with Gasteiger partial charge in [-0.2, -0.15) is 0 Å². The van der Waals surface area contributed by atoms with E-state index in [4.69, 9.17) is 16.1 Å². The Morgan fingerprint density at radius 3 is 2.90 bits per heavy atom. The van der Waals surface area contributed by atoms with Crippen LogP contribution in [0.5, 0.6) is 0 Å². The number of hydrogen-bond donors (Lipinski definition) is 3. The molecule has 1 aromatic carbocycles. The van der Waals surface area contributed by atoms with Crippen LogP contribution in [0.25, 0.3) is 11.3 Å². The summed E-state index contributed by atoms with van der Waals surface area (Å²) in [7, 11) is 0. The fraction of sp³-hybridized carbons (Fsp3) is 0.409. The van der Waals surface area contributed by atoms with Crippen LogP contribution < -0.4 is 5.73 Å². The van der Waals surface area contributed by atoms with Gasteiger partial charge in [-0.25, -0.2) is 9.37 Å². The van der Waals surface area contributed by atoms with Gasteiger partial charge in [0.25, 0.3) is 0 Å². The zero-order chi connectivity index (χ0) is 20.4. The van der Waals surface area contributed by atoms with Crippen LogP contribution in [0.1, 0.15) is 37.2 Å². The Hall–Kier alpha value is -2.96. The molecular weight excluding hydrogens is 367 g/mol. The predicted molar refractivity (Wildman–Crippen MR) is 114 cm³/mol. The maximum Gasteiger partial charge on any atom is 0.147 e. The van der Waals surface area contributed by atoms with Crippen LogP contribution >= 0.6 is 0 Å². The third-order valence-corrected chi connectivity index (χ3v) is 5.83. The molecule has 2 heterocycles. The second-order valence-corrected chi connectivity index (χ2v) is 7.82. The summed E-state index contributed by atoms with van der Waals surface area (Å²) in [6, 6.07) is 6.54. The van der Waals surface area contributed by atoms with Gasteiger partial charge < -0.3 is 15.6 Å². The summed E-state index contributed by atoms with van der Waals surface area (Å²) in [6.45, 7) is 3.85. The van der Waals surface area contributed by atoms with Crippen LogP contribution in [0.4, 0.5) is 4.39 Å². The highest BCUT2D eigenvalue weighted by Gasteiger charge is 2.27. The fourth-order valence-electron chi connectivity index (χ4n) is 3.87. The highest BCUT2D eigenvalue weighted by molar-refractivity contribution is 6.07. The minimum absolute atomic E-state index is 0.302. The number of rotatable bonds is 4. The van der Waals surface area contributed by atoms with Crippen molar-refractivity contribution in [2.75, 3.05) is 19.6 Å². The number of aromatic amines is 1. The molecule has 1 saturated carbocycles. The zero-order valence-corrected chi connectivity index (χ0v) is 16.7. The number of aromatic nitrogens is 2. The number of nitrogens with two attached hydrogens (primary N) is 1. The topological polar surface area (TPSA) is 94.2 Å². The first-order valence-corrected chi connectivity index (χ1v) is 10.2. The van der Waals surface area contributed by atoms with Crippen molar-refractivity contribution in [3.8, 4) is 11.3 Å². The Labute approximate surface area is 170 Å². The van der Waals surface area contributed by atoms with Crippen LogP contribution in [0, 0.1) is 24.1 Å². The van der Waals surface area contributed by atoms with E-state index in [0.29, 0.717) is 47.6 Å². The first kappa shape index (κ1) is 19.4. The van der Waals surface area contributed by atoms with Gasteiger partial charge in [-0.05, 0) is 56.0 Å². The average Bonchev–Trinajstić information content (AvgIpc) is 3.08. The lowest BCUT2D eigenvalue weighted by Gasteiger charge is -2.32. The number of benzene rings is 1. The molecule has 0 amide bonds. The van der Waals surface area contributed by atoms with Crippen molar-refractivity contribution in [3.63, 3.8) is 0 Å². The molecule has 1 aliphatic carbocycles. The highest BCUT2D eigenvalue weighted by atomic mass is 19.1. The number of imidazole rings is 1. The van der Waals surface area contributed by atoms with Gasteiger partial charge in [0, 0.05) is 18.7 Å². The van der Waals surface area contributed by atoms with E-state index in [9.17, 15) is 4.39 Å². The smallest absolute Gasteiger partial charge is 0.147 e. The Morgan fingerprint density at radius 2 is 2.21 bits per heavy atom. The maximum atomic E-state index is 14.4. The number of aryl methyl sites for hydroxylation is 1. The Kier molecular flexibility index (Phi) is 5.47. The number of amidine groups is 1. The fourth-order valence-corrected chi connectivity index (χ4v) is 3.87. The number of aliphatic imine (C=N–C) groups is 1. The lowest BCUT2D eigenvalue weighted by Crippen LogP contribution is -2.42. The van der Waals surface area contributed by atoms with Crippen molar-refractivity contribution in [1.82, 2.24) is 14.9 Å². The van der Waals surface area contributed by atoms with Crippen LogP contribution in [-0.2, 0) is 0 Å². The van der Waals surface area contributed by atoms with Crippen molar-refractivity contribution < 1.29 is 4.39 Å². The van der Waals surface area contributed by atoms with Crippen LogP contribution in [0.15, 0.2) is 41.0 Å². The summed E-state index contributed by atoms with van der Waals surface area (Å²) in [4.78, 5) is 14.4. The van der Waals surface area contributed by atoms with Gasteiger partial charge >= 0.3 is 0 Å². The van der Waals surface area contributed by atoms with Gasteiger partial charge in [-0.15, -0.1) is 0 Å². The second kappa shape index (κ2) is 8.19. The van der Waals surface area contributed by atoms with E-state index in [2.05, 4.69) is 9.97 Å². The summed E-state index contributed by atoms with van der Waals surface area (Å²) < 4.78 is 14.4. The summed E-state index contributed by atoms with van der Waals surface area (Å²) in [6.07, 6.45) is 6.18. The molecule has 2 fully saturated rings. The molecule has 0 spiro atoms. The van der Waals surface area contributed by atoms with E-state index in [-0.39, 0.29) is 5.82 Å². The zero-order valence-electron chi connectivity index (χ0n) is 16.7. The minimum Gasteiger partial charge on any atom is -0.404 e. The van der Waals surface area contributed by atoms with E-state index in [1.807, 2.05) is 11.8 Å². The lowest BCUT2D eigenvalue weighted by molar-refractivity contribution is 0.325. The number of likely N-dealkylation sites (tertiary alicyclic amines) is 1. The Balaban J connectivity index is 1.59. The highest BCUT2D eigenvalue weighted by Crippen LogP contribution is 2.28. The second-order valence-electron chi connectivity index (χ2n) is 7.82. The molecule has 1 aliphatic heterocycles. The first-order valence-electron chi connectivity index (χ1n) is 10.2. The van der Waals surface area contributed by atoms with Gasteiger partial charge in [0.05, 0.1) is 12.3 Å². The van der Waals surface area contributed by atoms with Crippen molar-refractivity contribution in [3.05, 3.63) is 53.4 Å². The monoisotopic (exact) mass is 394 g/mol. The molecule has 1 aromatic heterocycles. The molecule has 4 rings (SSSR count). The molecule has 6 nitrogen and oxygen atoms in total. The summed E-state index contributed by atoms with van der Waals surface area (Å²) >= 11 is 0. The molecule has 7 heteroatoms. The van der Waals surface area contributed by atoms with Crippen molar-refractivity contribution >= 4 is 11.5 Å². The molecule has 29 heavy (non-hydrogen) atoms. The largest absolute Gasteiger partial charge is 0.404 e. The average molecular weight is 394 g/mol. The molecule has 0 bridgehead atoms. The standard InChI is InChI=1S/C22H27FN6/c1-14-27-20(17-7-2-3-8-18(17)23)21(28-14)22(25)29-10-9-16(11-24)19(13-29)26-12-15-5-4-6-15/h2-3,7-8,11,15,25H,4-6,9-10,12-13,24H2,1H3,(H,27,28). The normalized spacial score (nSPS) is 20.3. The van der Waals surface area contributed by atoms with E-state index in [0.717, 1.165) is 24.3 Å². The van der Waals surface area contributed by atoms with Gasteiger partial charge in [0.15, 0.2) is 0 Å². The molecular formula is C22H27FN6. The third-order valence-electron chi connectivity index (χ3n) is 5.83. The number of H-pyrrole nitrogens is 1. The van der Waals surface area contributed by atoms with Gasteiger partial charge in [-0.3, -0.25) is 10.4 Å². The SMILES string of the molecule is Cc1nc(-c2ccccc2F)c(C(=N)N2CCC(=CN)C(=NCC3CCC3)C2)[nH]1. The molecule has 0 radical (unpaired) electrons. The molecule has 152 valence electrons. The quantitative estimate of drug-likeness (QED) is 0.546. The van der Waals surface area contributed by atoms with Crippen LogP contribution in [0.2, 0.25) is 0 Å². The molecule has 0 unspecified atom stereocenters. The molecule has 1 saturated heterocycles. The molecule has 2 aliphatic rings.